The Morgan fingerprint density at radius 3 is 2.56 bits per heavy atom. The average Bonchev–Trinajstić information content (AvgIpc) is 2.65. The van der Waals surface area contributed by atoms with Gasteiger partial charge in [0.25, 0.3) is 0 Å². The van der Waals surface area contributed by atoms with E-state index >= 15 is 0 Å². The molecule has 0 unspecified atom stereocenters. The van der Waals surface area contributed by atoms with Crippen LogP contribution < -0.4 is 16.7 Å². The third-order valence-electron chi connectivity index (χ3n) is 3.52. The highest BCUT2D eigenvalue weighted by molar-refractivity contribution is 6.90. The second-order valence-corrected chi connectivity index (χ2v) is 4.36. The molecule has 1 aliphatic heterocycles. The Hall–Kier alpha value is -1.70. The Morgan fingerprint density at radius 1 is 1.00 bits per heavy atom. The van der Waals surface area contributed by atoms with Gasteiger partial charge in [-0.15, -0.1) is 0 Å². The van der Waals surface area contributed by atoms with Crippen LogP contribution in [0.4, 0.5) is 5.69 Å². The molecule has 0 atom stereocenters. The van der Waals surface area contributed by atoms with Crippen molar-refractivity contribution in [3.63, 3.8) is 0 Å². The van der Waals surface area contributed by atoms with Gasteiger partial charge in [-0.05, 0) is 22.7 Å². The van der Waals surface area contributed by atoms with Gasteiger partial charge in [-0.2, -0.15) is 0 Å². The van der Waals surface area contributed by atoms with Gasteiger partial charge in [0.05, 0.1) is 0 Å². The first kappa shape index (κ1) is 9.53. The number of benzene rings is 2. The van der Waals surface area contributed by atoms with Crippen molar-refractivity contribution in [2.75, 3.05) is 5.73 Å². The van der Waals surface area contributed by atoms with Crippen molar-refractivity contribution in [1.29, 1.82) is 0 Å². The molecule has 0 bridgehead atoms. The second kappa shape index (κ2) is 3.41. The van der Waals surface area contributed by atoms with Crippen LogP contribution in [0.15, 0.2) is 42.5 Å². The number of fused-ring (bicyclic) bond motifs is 3. The number of hydrogen-bond acceptors (Lipinski definition) is 1. The Kier molecular flexibility index (Phi) is 2.03. The number of rotatable bonds is 1. The molecule has 2 aromatic rings. The normalized spacial score (nSPS) is 12.4. The van der Waals surface area contributed by atoms with E-state index in [-0.39, 0.29) is 0 Å². The third kappa shape index (κ3) is 1.13. The maximum Gasteiger partial charge on any atom is 0.213 e. The fraction of sp³-hybridized carbons (Fsp3) is 0.143. The van der Waals surface area contributed by atoms with Gasteiger partial charge in [0, 0.05) is 5.69 Å². The smallest absolute Gasteiger partial charge is 0.213 e. The Bertz CT molecular complexity index is 548. The molecular formula is C14H14BN. The van der Waals surface area contributed by atoms with Crippen LogP contribution in [0.2, 0.25) is 6.32 Å². The van der Waals surface area contributed by atoms with Gasteiger partial charge in [-0.3, -0.25) is 0 Å². The Labute approximate surface area is 96.4 Å². The number of nitrogens with two attached hydrogens (primary N) is 1. The lowest BCUT2D eigenvalue weighted by molar-refractivity contribution is 1.44. The van der Waals surface area contributed by atoms with Crippen molar-refractivity contribution in [1.82, 2.24) is 0 Å². The molecule has 0 radical (unpaired) electrons. The first-order chi connectivity index (χ1) is 7.83. The molecule has 0 saturated heterocycles. The molecule has 3 rings (SSSR count). The van der Waals surface area contributed by atoms with Crippen LogP contribution in [-0.4, -0.2) is 6.71 Å². The summed E-state index contributed by atoms with van der Waals surface area (Å²) in [5.41, 5.74) is 12.5. The predicted molar refractivity (Wildman–Crippen MR) is 71.8 cm³/mol. The summed E-state index contributed by atoms with van der Waals surface area (Å²) in [6, 6.07) is 14.9. The van der Waals surface area contributed by atoms with Gasteiger partial charge in [0.1, 0.15) is 0 Å². The zero-order valence-electron chi connectivity index (χ0n) is 9.40. The largest absolute Gasteiger partial charge is 0.399 e. The summed E-state index contributed by atoms with van der Waals surface area (Å²) in [4.78, 5) is 0. The number of nitrogen functional groups attached to an aromatic ring is 1. The Balaban J connectivity index is 2.34. The SMILES string of the molecule is CCB1c2ccccc2-c2cccc(N)c21. The van der Waals surface area contributed by atoms with E-state index in [2.05, 4.69) is 37.3 Å². The molecule has 78 valence electrons. The molecule has 0 aliphatic carbocycles. The summed E-state index contributed by atoms with van der Waals surface area (Å²) in [6.45, 7) is 2.70. The van der Waals surface area contributed by atoms with Crippen molar-refractivity contribution in [3.8, 4) is 11.1 Å². The van der Waals surface area contributed by atoms with E-state index in [1.54, 1.807) is 0 Å². The number of hydrogen-bond donors (Lipinski definition) is 1. The van der Waals surface area contributed by atoms with Crippen LogP contribution in [0.1, 0.15) is 6.92 Å². The molecule has 2 N–H and O–H groups in total. The van der Waals surface area contributed by atoms with Crippen LogP contribution in [-0.2, 0) is 0 Å². The molecular weight excluding hydrogens is 193 g/mol. The van der Waals surface area contributed by atoms with E-state index in [4.69, 9.17) is 5.73 Å². The summed E-state index contributed by atoms with van der Waals surface area (Å²) in [7, 11) is 0. The standard InChI is InChI=1S/C14H14BN/c1-2-15-12-8-4-3-6-10(12)11-7-5-9-13(16)14(11)15/h3-9H,2,16H2,1H3. The molecule has 2 heteroatoms. The van der Waals surface area contributed by atoms with E-state index in [9.17, 15) is 0 Å². The molecule has 0 aromatic heterocycles. The lowest BCUT2D eigenvalue weighted by Crippen LogP contribution is -2.38. The van der Waals surface area contributed by atoms with Gasteiger partial charge in [0.2, 0.25) is 6.71 Å². The monoisotopic (exact) mass is 207 g/mol. The minimum atomic E-state index is 0.479. The summed E-state index contributed by atoms with van der Waals surface area (Å²) in [5, 5.41) is 0. The minimum absolute atomic E-state index is 0.479. The molecule has 1 aliphatic rings. The minimum Gasteiger partial charge on any atom is -0.399 e. The van der Waals surface area contributed by atoms with Crippen molar-refractivity contribution < 1.29 is 0 Å². The fourth-order valence-electron chi connectivity index (χ4n) is 2.83. The van der Waals surface area contributed by atoms with Gasteiger partial charge in [-0.1, -0.05) is 55.1 Å². The predicted octanol–water partition coefficient (Wildman–Crippen LogP) is 1.88. The first-order valence-corrected chi connectivity index (χ1v) is 5.80. The van der Waals surface area contributed by atoms with Crippen LogP contribution in [0, 0.1) is 0 Å². The quantitative estimate of drug-likeness (QED) is 0.560. The second-order valence-electron chi connectivity index (χ2n) is 4.36. The maximum absolute atomic E-state index is 6.12. The summed E-state index contributed by atoms with van der Waals surface area (Å²) in [6.07, 6.45) is 1.11. The van der Waals surface area contributed by atoms with E-state index in [0.29, 0.717) is 6.71 Å². The highest BCUT2D eigenvalue weighted by Gasteiger charge is 2.31. The molecule has 1 heterocycles. The topological polar surface area (TPSA) is 26.0 Å². The molecule has 0 spiro atoms. The van der Waals surface area contributed by atoms with Crippen LogP contribution in [0.5, 0.6) is 0 Å². The van der Waals surface area contributed by atoms with Crippen LogP contribution >= 0.6 is 0 Å². The zero-order chi connectivity index (χ0) is 11.1. The molecule has 0 fully saturated rings. The third-order valence-corrected chi connectivity index (χ3v) is 3.52. The van der Waals surface area contributed by atoms with Gasteiger partial charge in [0.15, 0.2) is 0 Å². The molecule has 0 saturated carbocycles. The van der Waals surface area contributed by atoms with Crippen LogP contribution in [0.3, 0.4) is 0 Å². The van der Waals surface area contributed by atoms with Crippen molar-refractivity contribution in [2.24, 2.45) is 0 Å². The van der Waals surface area contributed by atoms with Gasteiger partial charge < -0.3 is 5.73 Å². The van der Waals surface area contributed by atoms with Crippen molar-refractivity contribution in [2.45, 2.75) is 13.2 Å². The number of anilines is 1. The summed E-state index contributed by atoms with van der Waals surface area (Å²) < 4.78 is 0. The van der Waals surface area contributed by atoms with E-state index in [0.717, 1.165) is 12.0 Å². The molecule has 16 heavy (non-hydrogen) atoms. The molecule has 2 aromatic carbocycles. The van der Waals surface area contributed by atoms with E-state index in [1.807, 2.05) is 12.1 Å². The maximum atomic E-state index is 6.12. The molecule has 1 nitrogen and oxygen atoms in total. The highest BCUT2D eigenvalue weighted by Crippen LogP contribution is 2.26. The highest BCUT2D eigenvalue weighted by atomic mass is 14.6. The van der Waals surface area contributed by atoms with E-state index < -0.39 is 0 Å². The summed E-state index contributed by atoms with van der Waals surface area (Å²) >= 11 is 0. The van der Waals surface area contributed by atoms with Gasteiger partial charge >= 0.3 is 0 Å². The van der Waals surface area contributed by atoms with Crippen molar-refractivity contribution >= 4 is 23.3 Å². The first-order valence-electron chi connectivity index (χ1n) is 5.80. The van der Waals surface area contributed by atoms with Crippen molar-refractivity contribution in [3.05, 3.63) is 42.5 Å². The average molecular weight is 207 g/mol. The molecule has 0 amide bonds. The Morgan fingerprint density at radius 2 is 1.75 bits per heavy atom. The van der Waals surface area contributed by atoms with Gasteiger partial charge in [-0.25, -0.2) is 0 Å². The van der Waals surface area contributed by atoms with E-state index in [1.165, 1.54) is 22.1 Å². The lowest BCUT2D eigenvalue weighted by atomic mass is 9.41. The lowest BCUT2D eigenvalue weighted by Gasteiger charge is -2.08. The van der Waals surface area contributed by atoms with Crippen LogP contribution in [0.25, 0.3) is 11.1 Å². The fourth-order valence-corrected chi connectivity index (χ4v) is 2.83. The summed E-state index contributed by atoms with van der Waals surface area (Å²) in [5.74, 6) is 0. The zero-order valence-corrected chi connectivity index (χ0v) is 9.40.